The standard InChI is InChI=1S/C22H19ClF3N3O2/c1-13-17(11-14-10-15(23)2-4-19(14)27-13)21(30)28-20-5-3-16(12-18(20)22(24,25)26)29-6-8-31-9-7-29/h2-5,10-12H,6-9H2,1H3,(H,28,30). The van der Waals surface area contributed by atoms with Crippen LogP contribution in [0, 0.1) is 6.92 Å². The van der Waals surface area contributed by atoms with Crippen molar-refractivity contribution < 1.29 is 22.7 Å². The topological polar surface area (TPSA) is 54.5 Å². The molecule has 1 amide bonds. The van der Waals surface area contributed by atoms with Gasteiger partial charge in [0.25, 0.3) is 5.91 Å². The number of nitrogens with one attached hydrogen (secondary N) is 1. The summed E-state index contributed by atoms with van der Waals surface area (Å²) in [5, 5.41) is 3.51. The summed E-state index contributed by atoms with van der Waals surface area (Å²) in [5.41, 5.74) is 0.460. The van der Waals surface area contributed by atoms with Crippen LogP contribution in [-0.4, -0.2) is 37.2 Å². The van der Waals surface area contributed by atoms with Gasteiger partial charge in [0.2, 0.25) is 0 Å². The van der Waals surface area contributed by atoms with Crippen molar-refractivity contribution in [3.63, 3.8) is 0 Å². The second-order valence-electron chi connectivity index (χ2n) is 7.24. The zero-order chi connectivity index (χ0) is 22.2. The molecule has 2 aromatic carbocycles. The van der Waals surface area contributed by atoms with E-state index in [1.54, 1.807) is 37.3 Å². The Balaban J connectivity index is 1.67. The molecular formula is C22H19ClF3N3O2. The average Bonchev–Trinajstić information content (AvgIpc) is 2.73. The van der Waals surface area contributed by atoms with Crippen molar-refractivity contribution in [3.05, 3.63) is 64.3 Å². The summed E-state index contributed by atoms with van der Waals surface area (Å²) in [4.78, 5) is 19.0. The van der Waals surface area contributed by atoms with E-state index in [0.717, 1.165) is 6.07 Å². The highest BCUT2D eigenvalue weighted by Gasteiger charge is 2.35. The molecule has 9 heteroatoms. The maximum Gasteiger partial charge on any atom is 0.418 e. The third kappa shape index (κ3) is 4.60. The molecule has 0 aliphatic carbocycles. The Morgan fingerprint density at radius 1 is 1.13 bits per heavy atom. The van der Waals surface area contributed by atoms with Crippen LogP contribution in [0.3, 0.4) is 0 Å². The first-order valence-corrected chi connectivity index (χ1v) is 10.0. The number of halogens is 4. The van der Waals surface area contributed by atoms with Crippen LogP contribution in [0.25, 0.3) is 10.9 Å². The van der Waals surface area contributed by atoms with E-state index in [2.05, 4.69) is 10.3 Å². The first-order valence-electron chi connectivity index (χ1n) is 9.64. The van der Waals surface area contributed by atoms with Crippen LogP contribution in [0.2, 0.25) is 5.02 Å². The lowest BCUT2D eigenvalue weighted by atomic mass is 10.1. The summed E-state index contributed by atoms with van der Waals surface area (Å²) in [6.45, 7) is 3.56. The van der Waals surface area contributed by atoms with Gasteiger partial charge in [-0.1, -0.05) is 11.6 Å². The van der Waals surface area contributed by atoms with E-state index in [1.807, 2.05) is 4.90 Å². The average molecular weight is 450 g/mol. The molecule has 4 rings (SSSR count). The van der Waals surface area contributed by atoms with Gasteiger partial charge in [-0.05, 0) is 49.4 Å². The number of aromatic nitrogens is 1. The van der Waals surface area contributed by atoms with E-state index < -0.39 is 17.6 Å². The molecule has 5 nitrogen and oxygen atoms in total. The van der Waals surface area contributed by atoms with Gasteiger partial charge in [0, 0.05) is 29.2 Å². The molecule has 1 aromatic heterocycles. The van der Waals surface area contributed by atoms with Gasteiger partial charge in [0.05, 0.1) is 41.2 Å². The number of pyridine rings is 1. The van der Waals surface area contributed by atoms with E-state index in [4.69, 9.17) is 16.3 Å². The Labute approximate surface area is 181 Å². The number of anilines is 2. The minimum absolute atomic E-state index is 0.181. The minimum atomic E-state index is -4.63. The van der Waals surface area contributed by atoms with Gasteiger partial charge in [-0.25, -0.2) is 0 Å². The van der Waals surface area contributed by atoms with Crippen LogP contribution < -0.4 is 10.2 Å². The molecule has 162 valence electrons. The Kier molecular flexibility index (Phi) is 5.77. The number of carbonyl (C=O) groups is 1. The number of hydrogen-bond donors (Lipinski definition) is 1. The lowest BCUT2D eigenvalue weighted by molar-refractivity contribution is -0.136. The molecule has 0 atom stereocenters. The molecule has 1 aliphatic rings. The number of alkyl halides is 3. The van der Waals surface area contributed by atoms with E-state index in [0.29, 0.717) is 53.6 Å². The van der Waals surface area contributed by atoms with E-state index in [9.17, 15) is 18.0 Å². The van der Waals surface area contributed by atoms with Crippen LogP contribution >= 0.6 is 11.6 Å². The summed E-state index contributed by atoms with van der Waals surface area (Å²) >= 11 is 6.00. The van der Waals surface area contributed by atoms with Crippen LogP contribution in [0.1, 0.15) is 21.6 Å². The van der Waals surface area contributed by atoms with Gasteiger partial charge >= 0.3 is 6.18 Å². The highest BCUT2D eigenvalue weighted by Crippen LogP contribution is 2.38. The minimum Gasteiger partial charge on any atom is -0.378 e. The first-order chi connectivity index (χ1) is 14.7. The van der Waals surface area contributed by atoms with Crippen molar-refractivity contribution in [2.45, 2.75) is 13.1 Å². The number of fused-ring (bicyclic) bond motifs is 1. The van der Waals surface area contributed by atoms with Crippen molar-refractivity contribution in [3.8, 4) is 0 Å². The third-order valence-corrected chi connectivity index (χ3v) is 5.38. The molecule has 31 heavy (non-hydrogen) atoms. The quantitative estimate of drug-likeness (QED) is 0.589. The molecule has 1 fully saturated rings. The van der Waals surface area contributed by atoms with E-state index in [1.165, 1.54) is 6.07 Å². The first kappa shape index (κ1) is 21.4. The zero-order valence-corrected chi connectivity index (χ0v) is 17.3. The Morgan fingerprint density at radius 2 is 1.87 bits per heavy atom. The normalized spacial score (nSPS) is 14.7. The predicted octanol–water partition coefficient (Wildman–Crippen LogP) is 5.30. The smallest absolute Gasteiger partial charge is 0.378 e. The molecule has 0 spiro atoms. The maximum atomic E-state index is 13.8. The number of nitrogens with zero attached hydrogens (tertiary/aromatic N) is 2. The van der Waals surface area contributed by atoms with Crippen molar-refractivity contribution in [1.29, 1.82) is 0 Å². The van der Waals surface area contributed by atoms with Crippen LogP contribution in [-0.2, 0) is 10.9 Å². The number of carbonyl (C=O) groups excluding carboxylic acids is 1. The maximum absolute atomic E-state index is 13.8. The fourth-order valence-corrected chi connectivity index (χ4v) is 3.74. The van der Waals surface area contributed by atoms with E-state index in [-0.39, 0.29) is 11.3 Å². The Morgan fingerprint density at radius 3 is 2.58 bits per heavy atom. The van der Waals surface area contributed by atoms with Crippen LogP contribution in [0.4, 0.5) is 24.5 Å². The van der Waals surface area contributed by atoms with Gasteiger partial charge < -0.3 is 15.0 Å². The lowest BCUT2D eigenvalue weighted by Gasteiger charge is -2.29. The van der Waals surface area contributed by atoms with Gasteiger partial charge in [-0.3, -0.25) is 9.78 Å². The van der Waals surface area contributed by atoms with Crippen molar-refractivity contribution in [2.24, 2.45) is 0 Å². The highest BCUT2D eigenvalue weighted by molar-refractivity contribution is 6.31. The third-order valence-electron chi connectivity index (χ3n) is 5.14. The van der Waals surface area contributed by atoms with Crippen molar-refractivity contribution in [2.75, 3.05) is 36.5 Å². The van der Waals surface area contributed by atoms with Gasteiger partial charge in [-0.15, -0.1) is 0 Å². The number of amides is 1. The summed E-state index contributed by atoms with van der Waals surface area (Å²) < 4.78 is 46.5. The molecule has 0 bridgehead atoms. The molecule has 0 unspecified atom stereocenters. The molecule has 0 saturated carbocycles. The van der Waals surface area contributed by atoms with Gasteiger partial charge in [-0.2, -0.15) is 13.2 Å². The molecule has 1 saturated heterocycles. The Hall–Kier alpha value is -2.84. The van der Waals surface area contributed by atoms with Crippen molar-refractivity contribution in [1.82, 2.24) is 4.98 Å². The number of ether oxygens (including phenoxy) is 1. The highest BCUT2D eigenvalue weighted by atomic mass is 35.5. The van der Waals surface area contributed by atoms with E-state index >= 15 is 0 Å². The number of morpholine rings is 1. The van der Waals surface area contributed by atoms with Crippen molar-refractivity contribution >= 4 is 39.8 Å². The Bertz CT molecular complexity index is 1140. The van der Waals surface area contributed by atoms with Crippen LogP contribution in [0.15, 0.2) is 42.5 Å². The predicted molar refractivity (Wildman–Crippen MR) is 114 cm³/mol. The zero-order valence-electron chi connectivity index (χ0n) is 16.6. The summed E-state index contributed by atoms with van der Waals surface area (Å²) in [6, 6.07) is 10.5. The summed E-state index contributed by atoms with van der Waals surface area (Å²) in [6.07, 6.45) is -4.63. The monoisotopic (exact) mass is 449 g/mol. The number of rotatable bonds is 3. The lowest BCUT2D eigenvalue weighted by Crippen LogP contribution is -2.36. The summed E-state index contributed by atoms with van der Waals surface area (Å²) in [5.74, 6) is -0.670. The molecule has 0 radical (unpaired) electrons. The van der Waals surface area contributed by atoms with Gasteiger partial charge in [0.15, 0.2) is 0 Å². The SMILES string of the molecule is Cc1nc2ccc(Cl)cc2cc1C(=O)Nc1ccc(N2CCOCC2)cc1C(F)(F)F. The van der Waals surface area contributed by atoms with Gasteiger partial charge in [0.1, 0.15) is 0 Å². The van der Waals surface area contributed by atoms with Crippen LogP contribution in [0.5, 0.6) is 0 Å². The molecule has 3 aromatic rings. The molecule has 2 heterocycles. The number of hydrogen-bond acceptors (Lipinski definition) is 4. The summed E-state index contributed by atoms with van der Waals surface area (Å²) in [7, 11) is 0. The fourth-order valence-electron chi connectivity index (χ4n) is 3.56. The molecular weight excluding hydrogens is 431 g/mol. The second-order valence-corrected chi connectivity index (χ2v) is 7.68. The molecule has 1 aliphatic heterocycles. The number of aryl methyl sites for hydroxylation is 1. The largest absolute Gasteiger partial charge is 0.418 e. The fraction of sp³-hybridized carbons (Fsp3) is 0.273. The second kappa shape index (κ2) is 8.36. The number of benzene rings is 2. The molecule has 1 N–H and O–H groups in total.